The van der Waals surface area contributed by atoms with E-state index >= 15 is 0 Å². The molecule has 0 aromatic heterocycles. The standard InChI is InChI=1S/C5H10O.H3N/c1-2-5-3-6-4-5;/h5H,2-4H2,1H3;1H3. The van der Waals surface area contributed by atoms with E-state index in [-0.39, 0.29) is 6.15 Å². The molecular weight excluding hydrogens is 90.1 g/mol. The third kappa shape index (κ3) is 1.45. The van der Waals surface area contributed by atoms with Crippen molar-refractivity contribution >= 4 is 0 Å². The predicted molar refractivity (Wildman–Crippen MR) is 29.6 cm³/mol. The molecule has 1 saturated heterocycles. The van der Waals surface area contributed by atoms with E-state index in [2.05, 4.69) is 6.92 Å². The van der Waals surface area contributed by atoms with E-state index in [9.17, 15) is 0 Å². The summed E-state index contributed by atoms with van der Waals surface area (Å²) in [5, 5.41) is 0. The van der Waals surface area contributed by atoms with Gasteiger partial charge in [-0.15, -0.1) is 0 Å². The number of ether oxygens (including phenoxy) is 1. The lowest BCUT2D eigenvalue weighted by Crippen LogP contribution is -2.26. The largest absolute Gasteiger partial charge is 0.381 e. The second-order valence-corrected chi connectivity index (χ2v) is 1.81. The third-order valence-electron chi connectivity index (χ3n) is 1.28. The highest BCUT2D eigenvalue weighted by Gasteiger charge is 2.14. The highest BCUT2D eigenvalue weighted by molar-refractivity contribution is 4.61. The van der Waals surface area contributed by atoms with Crippen LogP contribution in [0.1, 0.15) is 13.3 Å². The average molecular weight is 103 g/mol. The SMILES string of the molecule is CCC1COC1.N. The Morgan fingerprint density at radius 3 is 2.14 bits per heavy atom. The normalized spacial score (nSPS) is 20.1. The van der Waals surface area contributed by atoms with Crippen LogP contribution < -0.4 is 6.15 Å². The van der Waals surface area contributed by atoms with Gasteiger partial charge in [-0.2, -0.15) is 0 Å². The van der Waals surface area contributed by atoms with Crippen molar-refractivity contribution in [1.82, 2.24) is 6.15 Å². The molecule has 1 aliphatic rings. The topological polar surface area (TPSA) is 44.2 Å². The van der Waals surface area contributed by atoms with Crippen LogP contribution >= 0.6 is 0 Å². The first-order valence-corrected chi connectivity index (χ1v) is 2.51. The molecule has 0 saturated carbocycles. The molecule has 3 N–H and O–H groups in total. The maximum Gasteiger partial charge on any atom is 0.0516 e. The van der Waals surface area contributed by atoms with Gasteiger partial charge in [0.1, 0.15) is 0 Å². The van der Waals surface area contributed by atoms with Crippen LogP contribution in [0, 0.1) is 5.92 Å². The van der Waals surface area contributed by atoms with E-state index in [1.807, 2.05) is 0 Å². The lowest BCUT2D eigenvalue weighted by molar-refractivity contribution is -0.0331. The third-order valence-corrected chi connectivity index (χ3v) is 1.28. The molecule has 0 spiro atoms. The fraction of sp³-hybridized carbons (Fsp3) is 1.00. The van der Waals surface area contributed by atoms with Gasteiger partial charge >= 0.3 is 0 Å². The summed E-state index contributed by atoms with van der Waals surface area (Å²) in [6.45, 7) is 4.22. The zero-order valence-electron chi connectivity index (χ0n) is 4.81. The van der Waals surface area contributed by atoms with Gasteiger partial charge in [0.25, 0.3) is 0 Å². The van der Waals surface area contributed by atoms with Gasteiger partial charge in [0.05, 0.1) is 13.2 Å². The van der Waals surface area contributed by atoms with Crippen LogP contribution in [0.25, 0.3) is 0 Å². The fourth-order valence-electron chi connectivity index (χ4n) is 0.520. The van der Waals surface area contributed by atoms with E-state index in [1.54, 1.807) is 0 Å². The Morgan fingerprint density at radius 1 is 1.57 bits per heavy atom. The summed E-state index contributed by atoms with van der Waals surface area (Å²) in [6, 6.07) is 0. The van der Waals surface area contributed by atoms with Gasteiger partial charge in [-0.05, 0) is 6.42 Å². The summed E-state index contributed by atoms with van der Waals surface area (Å²) in [4.78, 5) is 0. The molecular formula is C5H13NO. The molecule has 1 aliphatic heterocycles. The van der Waals surface area contributed by atoms with Crippen LogP contribution in [0.15, 0.2) is 0 Å². The quantitative estimate of drug-likeness (QED) is 0.542. The second kappa shape index (κ2) is 2.99. The lowest BCUT2D eigenvalue weighted by atomic mass is 10.1. The number of hydrogen-bond donors (Lipinski definition) is 1. The maximum absolute atomic E-state index is 4.93. The van der Waals surface area contributed by atoms with E-state index < -0.39 is 0 Å². The Balaban J connectivity index is 0.000000360. The minimum absolute atomic E-state index is 0. The molecule has 0 aromatic carbocycles. The molecule has 0 atom stereocenters. The van der Waals surface area contributed by atoms with Crippen molar-refractivity contribution in [2.24, 2.45) is 5.92 Å². The zero-order chi connectivity index (χ0) is 4.41. The van der Waals surface area contributed by atoms with Crippen LogP contribution in [-0.2, 0) is 4.74 Å². The minimum atomic E-state index is 0. The molecule has 0 aromatic rings. The van der Waals surface area contributed by atoms with Crippen LogP contribution in [0.5, 0.6) is 0 Å². The van der Waals surface area contributed by atoms with Gasteiger partial charge in [-0.25, -0.2) is 0 Å². The molecule has 2 nitrogen and oxygen atoms in total. The van der Waals surface area contributed by atoms with Crippen LogP contribution in [-0.4, -0.2) is 13.2 Å². The van der Waals surface area contributed by atoms with Crippen LogP contribution in [0.2, 0.25) is 0 Å². The van der Waals surface area contributed by atoms with Crippen molar-refractivity contribution in [3.8, 4) is 0 Å². The van der Waals surface area contributed by atoms with Gasteiger partial charge in [0, 0.05) is 5.92 Å². The summed E-state index contributed by atoms with van der Waals surface area (Å²) in [5.41, 5.74) is 0. The van der Waals surface area contributed by atoms with Crippen molar-refractivity contribution < 1.29 is 4.74 Å². The summed E-state index contributed by atoms with van der Waals surface area (Å²) >= 11 is 0. The Labute approximate surface area is 44.4 Å². The summed E-state index contributed by atoms with van der Waals surface area (Å²) in [7, 11) is 0. The molecule has 0 radical (unpaired) electrons. The Morgan fingerprint density at radius 2 is 2.14 bits per heavy atom. The van der Waals surface area contributed by atoms with Crippen LogP contribution in [0.4, 0.5) is 0 Å². The Bertz CT molecular complexity index is 40.6. The smallest absolute Gasteiger partial charge is 0.0516 e. The molecule has 0 bridgehead atoms. The lowest BCUT2D eigenvalue weighted by Gasteiger charge is -2.23. The Hall–Kier alpha value is -0.0800. The molecule has 7 heavy (non-hydrogen) atoms. The molecule has 1 heterocycles. The highest BCUT2D eigenvalue weighted by Crippen LogP contribution is 2.12. The highest BCUT2D eigenvalue weighted by atomic mass is 16.5. The molecule has 0 unspecified atom stereocenters. The number of hydrogen-bond acceptors (Lipinski definition) is 2. The van der Waals surface area contributed by atoms with E-state index in [4.69, 9.17) is 4.74 Å². The zero-order valence-corrected chi connectivity index (χ0v) is 4.81. The van der Waals surface area contributed by atoms with Gasteiger partial charge in [-0.1, -0.05) is 6.92 Å². The molecule has 2 heteroatoms. The predicted octanol–water partition coefficient (Wildman–Crippen LogP) is 1.20. The summed E-state index contributed by atoms with van der Waals surface area (Å²) < 4.78 is 4.93. The van der Waals surface area contributed by atoms with Crippen molar-refractivity contribution in [2.45, 2.75) is 13.3 Å². The maximum atomic E-state index is 4.93. The summed E-state index contributed by atoms with van der Waals surface area (Å²) in [5.74, 6) is 0.894. The molecule has 44 valence electrons. The van der Waals surface area contributed by atoms with Gasteiger partial charge in [0.2, 0.25) is 0 Å². The van der Waals surface area contributed by atoms with Gasteiger partial charge in [-0.3, -0.25) is 0 Å². The fourth-order valence-corrected chi connectivity index (χ4v) is 0.520. The Kier molecular flexibility index (Phi) is 2.96. The van der Waals surface area contributed by atoms with E-state index in [1.165, 1.54) is 6.42 Å². The monoisotopic (exact) mass is 103 g/mol. The summed E-state index contributed by atoms with van der Waals surface area (Å²) in [6.07, 6.45) is 1.29. The first-order valence-electron chi connectivity index (χ1n) is 2.51. The molecule has 1 rings (SSSR count). The van der Waals surface area contributed by atoms with Crippen molar-refractivity contribution in [3.63, 3.8) is 0 Å². The van der Waals surface area contributed by atoms with Gasteiger partial charge in [0.15, 0.2) is 0 Å². The van der Waals surface area contributed by atoms with Gasteiger partial charge < -0.3 is 10.9 Å². The molecule has 0 aliphatic carbocycles. The molecule has 0 amide bonds. The van der Waals surface area contributed by atoms with E-state index in [0.717, 1.165) is 19.1 Å². The van der Waals surface area contributed by atoms with Crippen molar-refractivity contribution in [1.29, 1.82) is 0 Å². The first kappa shape index (κ1) is 6.92. The van der Waals surface area contributed by atoms with E-state index in [0.29, 0.717) is 0 Å². The minimum Gasteiger partial charge on any atom is -0.381 e. The average Bonchev–Trinajstić information content (AvgIpc) is 1.31. The van der Waals surface area contributed by atoms with Crippen LogP contribution in [0.3, 0.4) is 0 Å². The number of rotatable bonds is 1. The first-order chi connectivity index (χ1) is 2.93. The van der Waals surface area contributed by atoms with Crippen molar-refractivity contribution in [2.75, 3.05) is 13.2 Å². The second-order valence-electron chi connectivity index (χ2n) is 1.81. The van der Waals surface area contributed by atoms with Crippen molar-refractivity contribution in [3.05, 3.63) is 0 Å². The molecule has 1 fully saturated rings.